The fourth-order valence-corrected chi connectivity index (χ4v) is 4.09. The van der Waals surface area contributed by atoms with E-state index in [4.69, 9.17) is 0 Å². The molecule has 144 valence electrons. The Balaban J connectivity index is 2.21. The molecule has 0 bridgehead atoms. The van der Waals surface area contributed by atoms with Gasteiger partial charge in [-0.05, 0) is 65.6 Å². The van der Waals surface area contributed by atoms with Gasteiger partial charge in [-0.25, -0.2) is 0 Å². The first-order chi connectivity index (χ1) is 13.8. The molecule has 0 radical (unpaired) electrons. The van der Waals surface area contributed by atoms with Gasteiger partial charge in [-0.3, -0.25) is 0 Å². The predicted molar refractivity (Wildman–Crippen MR) is 125 cm³/mol. The lowest BCUT2D eigenvalue weighted by atomic mass is 9.83. The van der Waals surface area contributed by atoms with Gasteiger partial charge in [0.15, 0.2) is 0 Å². The lowest BCUT2D eigenvalue weighted by molar-refractivity contribution is 0.666. The van der Waals surface area contributed by atoms with Crippen LogP contribution in [0.3, 0.4) is 0 Å². The fraction of sp³-hybridized carbons (Fsp3) is 0.286. The second-order valence-corrected chi connectivity index (χ2v) is 7.56. The second-order valence-electron chi connectivity index (χ2n) is 7.56. The summed E-state index contributed by atoms with van der Waals surface area (Å²) in [5.74, 6) is 0. The smallest absolute Gasteiger partial charge is 0.00275 e. The van der Waals surface area contributed by atoms with Crippen molar-refractivity contribution in [1.82, 2.24) is 0 Å². The van der Waals surface area contributed by atoms with E-state index in [0.29, 0.717) is 0 Å². The Morgan fingerprint density at radius 3 is 1.93 bits per heavy atom. The maximum atomic E-state index is 2.43. The zero-order chi connectivity index (χ0) is 19.8. The molecule has 3 aromatic carbocycles. The summed E-state index contributed by atoms with van der Waals surface area (Å²) >= 11 is 0. The molecule has 0 spiro atoms. The topological polar surface area (TPSA) is 0 Å². The van der Waals surface area contributed by atoms with Gasteiger partial charge < -0.3 is 0 Å². The molecule has 3 aromatic rings. The van der Waals surface area contributed by atoms with E-state index in [-0.39, 0.29) is 0 Å². The highest BCUT2D eigenvalue weighted by Crippen LogP contribution is 2.40. The highest BCUT2D eigenvalue weighted by atomic mass is 14.2. The third-order valence-electron chi connectivity index (χ3n) is 5.41. The van der Waals surface area contributed by atoms with Gasteiger partial charge in [0.1, 0.15) is 0 Å². The normalized spacial score (nSPS) is 11.2. The van der Waals surface area contributed by atoms with Crippen molar-refractivity contribution in [3.8, 4) is 22.3 Å². The van der Waals surface area contributed by atoms with Crippen LogP contribution >= 0.6 is 0 Å². The number of aryl methyl sites for hydroxylation is 2. The Kier molecular flexibility index (Phi) is 7.25. The third-order valence-corrected chi connectivity index (χ3v) is 5.41. The summed E-state index contributed by atoms with van der Waals surface area (Å²) in [6.45, 7) is 6.67. The molecule has 0 nitrogen and oxygen atoms in total. The van der Waals surface area contributed by atoms with Crippen LogP contribution < -0.4 is 0 Å². The van der Waals surface area contributed by atoms with Crippen molar-refractivity contribution in [2.75, 3.05) is 0 Å². The van der Waals surface area contributed by atoms with Crippen LogP contribution in [0.2, 0.25) is 0 Å². The largest absolute Gasteiger partial charge is 0.0870 e. The number of unbranched alkanes of at least 4 members (excludes halogenated alkanes) is 3. The standard InChI is InChI=1S/C28H32/c1-4-6-7-10-20-25-21-22(3)27(23-16-11-8-12-17-23)28(26(25)15-5-2)24-18-13-9-14-19-24/h5,8-9,11-19,21H,4,6-7,10,20H2,1-3H3/b15-5+. The summed E-state index contributed by atoms with van der Waals surface area (Å²) in [7, 11) is 0. The molecule has 0 saturated carbocycles. The molecular formula is C28H32. The zero-order valence-electron chi connectivity index (χ0n) is 17.5. The van der Waals surface area contributed by atoms with E-state index in [1.807, 2.05) is 0 Å². The summed E-state index contributed by atoms with van der Waals surface area (Å²) in [5.41, 5.74) is 9.55. The summed E-state index contributed by atoms with van der Waals surface area (Å²) in [5, 5.41) is 0. The van der Waals surface area contributed by atoms with Crippen LogP contribution in [0, 0.1) is 6.92 Å². The minimum absolute atomic E-state index is 1.15. The lowest BCUT2D eigenvalue weighted by Crippen LogP contribution is -2.00. The van der Waals surface area contributed by atoms with Gasteiger partial charge >= 0.3 is 0 Å². The third kappa shape index (κ3) is 4.62. The van der Waals surface area contributed by atoms with Crippen molar-refractivity contribution in [2.24, 2.45) is 0 Å². The molecular weight excluding hydrogens is 336 g/mol. The van der Waals surface area contributed by atoms with E-state index >= 15 is 0 Å². The van der Waals surface area contributed by atoms with Gasteiger partial charge in [0, 0.05) is 0 Å². The van der Waals surface area contributed by atoms with Crippen molar-refractivity contribution in [2.45, 2.75) is 52.9 Å². The quantitative estimate of drug-likeness (QED) is 0.350. The summed E-state index contributed by atoms with van der Waals surface area (Å²) in [4.78, 5) is 0. The number of allylic oxidation sites excluding steroid dienone is 1. The number of benzene rings is 3. The molecule has 28 heavy (non-hydrogen) atoms. The van der Waals surface area contributed by atoms with Crippen LogP contribution in [-0.2, 0) is 6.42 Å². The molecule has 0 N–H and O–H groups in total. The first kappa shape index (κ1) is 20.1. The Hall–Kier alpha value is -2.60. The highest BCUT2D eigenvalue weighted by Gasteiger charge is 2.17. The van der Waals surface area contributed by atoms with Gasteiger partial charge in [-0.15, -0.1) is 0 Å². The number of rotatable bonds is 8. The van der Waals surface area contributed by atoms with Crippen LogP contribution in [0.1, 0.15) is 56.2 Å². The Morgan fingerprint density at radius 2 is 1.36 bits per heavy atom. The van der Waals surface area contributed by atoms with E-state index < -0.39 is 0 Å². The predicted octanol–water partition coefficient (Wildman–Crippen LogP) is 8.48. The Labute approximate surface area is 171 Å². The van der Waals surface area contributed by atoms with E-state index in [2.05, 4.69) is 99.7 Å². The minimum atomic E-state index is 1.15. The van der Waals surface area contributed by atoms with Gasteiger partial charge in [-0.1, -0.05) is 105 Å². The van der Waals surface area contributed by atoms with E-state index in [1.165, 1.54) is 64.6 Å². The maximum Gasteiger partial charge on any atom is -0.00275 e. The molecule has 0 saturated heterocycles. The second kappa shape index (κ2) is 10.1. The first-order valence-electron chi connectivity index (χ1n) is 10.7. The monoisotopic (exact) mass is 368 g/mol. The maximum absolute atomic E-state index is 2.43. The molecule has 0 amide bonds. The van der Waals surface area contributed by atoms with Crippen LogP contribution in [-0.4, -0.2) is 0 Å². The van der Waals surface area contributed by atoms with Crippen LogP contribution in [0.5, 0.6) is 0 Å². The van der Waals surface area contributed by atoms with Crippen molar-refractivity contribution in [3.63, 3.8) is 0 Å². The van der Waals surface area contributed by atoms with Crippen LogP contribution in [0.25, 0.3) is 28.3 Å². The average molecular weight is 369 g/mol. The molecule has 0 heteroatoms. The molecule has 0 aliphatic rings. The van der Waals surface area contributed by atoms with E-state index in [9.17, 15) is 0 Å². The van der Waals surface area contributed by atoms with Gasteiger partial charge in [0.2, 0.25) is 0 Å². The molecule has 0 atom stereocenters. The highest BCUT2D eigenvalue weighted by molar-refractivity contribution is 5.92. The minimum Gasteiger partial charge on any atom is -0.0870 e. The van der Waals surface area contributed by atoms with Crippen molar-refractivity contribution in [3.05, 3.63) is 89.5 Å². The molecule has 0 unspecified atom stereocenters. The fourth-order valence-electron chi connectivity index (χ4n) is 4.09. The first-order valence-corrected chi connectivity index (χ1v) is 10.7. The molecule has 0 heterocycles. The van der Waals surface area contributed by atoms with Gasteiger partial charge in [0.05, 0.1) is 0 Å². The van der Waals surface area contributed by atoms with Gasteiger partial charge in [0.25, 0.3) is 0 Å². The van der Waals surface area contributed by atoms with Crippen molar-refractivity contribution in [1.29, 1.82) is 0 Å². The summed E-state index contributed by atoms with van der Waals surface area (Å²) < 4.78 is 0. The number of hydrogen-bond donors (Lipinski definition) is 0. The Morgan fingerprint density at radius 1 is 0.750 bits per heavy atom. The van der Waals surface area contributed by atoms with Gasteiger partial charge in [-0.2, -0.15) is 0 Å². The SMILES string of the molecule is C/C=C/c1c(CCCCCC)cc(C)c(-c2ccccc2)c1-c1ccccc1. The zero-order valence-corrected chi connectivity index (χ0v) is 17.5. The summed E-state index contributed by atoms with van der Waals surface area (Å²) in [6, 6.07) is 24.1. The molecule has 0 aliphatic heterocycles. The van der Waals surface area contributed by atoms with E-state index in [0.717, 1.165) is 6.42 Å². The number of hydrogen-bond acceptors (Lipinski definition) is 0. The Bertz CT molecular complexity index is 902. The van der Waals surface area contributed by atoms with Crippen LogP contribution in [0.15, 0.2) is 72.8 Å². The summed E-state index contributed by atoms with van der Waals surface area (Å²) in [6.07, 6.45) is 10.8. The van der Waals surface area contributed by atoms with E-state index in [1.54, 1.807) is 0 Å². The molecule has 0 aromatic heterocycles. The lowest BCUT2D eigenvalue weighted by Gasteiger charge is -2.21. The molecule has 0 fully saturated rings. The van der Waals surface area contributed by atoms with Crippen molar-refractivity contribution < 1.29 is 0 Å². The average Bonchev–Trinajstić information content (AvgIpc) is 2.74. The molecule has 0 aliphatic carbocycles. The van der Waals surface area contributed by atoms with Crippen molar-refractivity contribution >= 4 is 6.08 Å². The van der Waals surface area contributed by atoms with Crippen LogP contribution in [0.4, 0.5) is 0 Å². The molecule has 3 rings (SSSR count).